The normalized spacial score (nSPS) is 10.6. The molecule has 0 bridgehead atoms. The molecule has 0 saturated carbocycles. The first-order chi connectivity index (χ1) is 8.99. The Kier molecular flexibility index (Phi) is 4.20. The molecule has 0 unspecified atom stereocenters. The van der Waals surface area contributed by atoms with Crippen molar-refractivity contribution in [2.75, 3.05) is 5.32 Å². The molecule has 0 aromatic heterocycles. The van der Waals surface area contributed by atoms with Crippen molar-refractivity contribution in [2.45, 2.75) is 20.4 Å². The zero-order valence-electron chi connectivity index (χ0n) is 10.7. The molecule has 1 N–H and O–H groups in total. The van der Waals surface area contributed by atoms with Gasteiger partial charge in [0.05, 0.1) is 0 Å². The summed E-state index contributed by atoms with van der Waals surface area (Å²) in [6.45, 7) is 4.37. The molecule has 0 aliphatic carbocycles. The molecule has 0 spiro atoms. The lowest BCUT2D eigenvalue weighted by Crippen LogP contribution is -2.06. The first-order valence-electron chi connectivity index (χ1n) is 5.92. The van der Waals surface area contributed by atoms with E-state index in [9.17, 15) is 8.78 Å². The lowest BCUT2D eigenvalue weighted by molar-refractivity contribution is 0.586. The van der Waals surface area contributed by atoms with E-state index in [1.54, 1.807) is 0 Å². The van der Waals surface area contributed by atoms with E-state index in [1.807, 2.05) is 32.0 Å². The first-order valence-corrected chi connectivity index (χ1v) is 6.72. The first kappa shape index (κ1) is 14.0. The Morgan fingerprint density at radius 1 is 1.05 bits per heavy atom. The molecule has 1 nitrogen and oxygen atoms in total. The van der Waals surface area contributed by atoms with Gasteiger partial charge < -0.3 is 5.32 Å². The van der Waals surface area contributed by atoms with Crippen molar-refractivity contribution in [2.24, 2.45) is 0 Å². The van der Waals surface area contributed by atoms with Crippen LogP contribution in [-0.2, 0) is 6.54 Å². The van der Waals surface area contributed by atoms with Crippen molar-refractivity contribution in [3.05, 3.63) is 63.1 Å². The maximum absolute atomic E-state index is 13.7. The van der Waals surface area contributed by atoms with Crippen LogP contribution in [0.5, 0.6) is 0 Å². The zero-order chi connectivity index (χ0) is 14.0. The van der Waals surface area contributed by atoms with Crippen molar-refractivity contribution < 1.29 is 8.78 Å². The number of benzene rings is 2. The summed E-state index contributed by atoms with van der Waals surface area (Å²) in [4.78, 5) is 0. The molecule has 0 fully saturated rings. The second kappa shape index (κ2) is 5.70. The van der Waals surface area contributed by atoms with E-state index >= 15 is 0 Å². The molecule has 0 amide bonds. The van der Waals surface area contributed by atoms with Gasteiger partial charge in [-0.15, -0.1) is 0 Å². The minimum atomic E-state index is -0.599. The Morgan fingerprint density at radius 3 is 2.11 bits per heavy atom. The van der Waals surface area contributed by atoms with Crippen LogP contribution in [0.4, 0.5) is 14.5 Å². The SMILES string of the molecule is Cc1cccc(C)c1CNc1c(F)cc(Br)cc1F. The van der Waals surface area contributed by atoms with Crippen LogP contribution in [0.15, 0.2) is 34.8 Å². The molecule has 0 saturated heterocycles. The van der Waals surface area contributed by atoms with Gasteiger partial charge in [-0.1, -0.05) is 34.1 Å². The van der Waals surface area contributed by atoms with Crippen LogP contribution in [0.25, 0.3) is 0 Å². The second-order valence-electron chi connectivity index (χ2n) is 4.47. The monoisotopic (exact) mass is 325 g/mol. The van der Waals surface area contributed by atoms with E-state index < -0.39 is 11.6 Å². The van der Waals surface area contributed by atoms with E-state index in [0.29, 0.717) is 11.0 Å². The molecular formula is C15H14BrF2N. The molecule has 0 aliphatic rings. The van der Waals surface area contributed by atoms with Crippen LogP contribution < -0.4 is 5.32 Å². The van der Waals surface area contributed by atoms with Gasteiger partial charge in [0, 0.05) is 11.0 Å². The Labute approximate surface area is 119 Å². The molecule has 2 aromatic rings. The number of anilines is 1. The topological polar surface area (TPSA) is 12.0 Å². The van der Waals surface area contributed by atoms with E-state index in [1.165, 1.54) is 12.1 Å². The van der Waals surface area contributed by atoms with Crippen LogP contribution >= 0.6 is 15.9 Å². The van der Waals surface area contributed by atoms with Crippen molar-refractivity contribution >= 4 is 21.6 Å². The highest BCUT2D eigenvalue weighted by atomic mass is 79.9. The van der Waals surface area contributed by atoms with E-state index in [4.69, 9.17) is 0 Å². The van der Waals surface area contributed by atoms with E-state index in [-0.39, 0.29) is 5.69 Å². The average Bonchev–Trinajstić information content (AvgIpc) is 2.31. The maximum atomic E-state index is 13.7. The van der Waals surface area contributed by atoms with Crippen LogP contribution in [0.3, 0.4) is 0 Å². The van der Waals surface area contributed by atoms with Crippen molar-refractivity contribution in [1.82, 2.24) is 0 Å². The van der Waals surface area contributed by atoms with Crippen LogP contribution in [0, 0.1) is 25.5 Å². The highest BCUT2D eigenvalue weighted by molar-refractivity contribution is 9.10. The summed E-state index contributed by atoms with van der Waals surface area (Å²) in [5.74, 6) is -1.20. The third kappa shape index (κ3) is 3.13. The highest BCUT2D eigenvalue weighted by Gasteiger charge is 2.11. The predicted molar refractivity (Wildman–Crippen MR) is 77.3 cm³/mol. The molecule has 19 heavy (non-hydrogen) atoms. The van der Waals surface area contributed by atoms with Gasteiger partial charge in [-0.2, -0.15) is 0 Å². The van der Waals surface area contributed by atoms with Gasteiger partial charge in [0.1, 0.15) is 17.3 Å². The van der Waals surface area contributed by atoms with Gasteiger partial charge in [-0.05, 0) is 42.7 Å². The molecule has 4 heteroatoms. The molecule has 0 heterocycles. The number of nitrogens with one attached hydrogen (secondary N) is 1. The third-order valence-electron chi connectivity index (χ3n) is 3.09. The summed E-state index contributed by atoms with van der Waals surface area (Å²) in [6.07, 6.45) is 0. The summed E-state index contributed by atoms with van der Waals surface area (Å²) >= 11 is 3.06. The Bertz CT molecular complexity index is 568. The number of aryl methyl sites for hydroxylation is 2. The van der Waals surface area contributed by atoms with Gasteiger partial charge in [0.15, 0.2) is 0 Å². The summed E-state index contributed by atoms with van der Waals surface area (Å²) in [6, 6.07) is 8.43. The van der Waals surface area contributed by atoms with Gasteiger partial charge in [-0.3, -0.25) is 0 Å². The van der Waals surface area contributed by atoms with Crippen LogP contribution in [-0.4, -0.2) is 0 Å². The molecular weight excluding hydrogens is 312 g/mol. The van der Waals surface area contributed by atoms with Crippen LogP contribution in [0.1, 0.15) is 16.7 Å². The maximum Gasteiger partial charge on any atom is 0.150 e. The van der Waals surface area contributed by atoms with Crippen molar-refractivity contribution in [3.63, 3.8) is 0 Å². The molecule has 2 rings (SSSR count). The summed E-state index contributed by atoms with van der Waals surface area (Å²) in [7, 11) is 0. The molecule has 2 aromatic carbocycles. The fraction of sp³-hybridized carbons (Fsp3) is 0.200. The Balaban J connectivity index is 2.24. The quantitative estimate of drug-likeness (QED) is 0.841. The number of hydrogen-bond donors (Lipinski definition) is 1. The zero-order valence-corrected chi connectivity index (χ0v) is 12.3. The van der Waals surface area contributed by atoms with Gasteiger partial charge in [0.25, 0.3) is 0 Å². The largest absolute Gasteiger partial charge is 0.376 e. The van der Waals surface area contributed by atoms with Gasteiger partial charge in [-0.25, -0.2) is 8.78 Å². The number of rotatable bonds is 3. The number of halogens is 3. The lowest BCUT2D eigenvalue weighted by atomic mass is 10.0. The smallest absolute Gasteiger partial charge is 0.150 e. The minimum absolute atomic E-state index is 0.0918. The molecule has 0 radical (unpaired) electrons. The summed E-state index contributed by atoms with van der Waals surface area (Å²) in [5, 5.41) is 2.84. The minimum Gasteiger partial charge on any atom is -0.376 e. The summed E-state index contributed by atoms with van der Waals surface area (Å²) < 4.78 is 27.8. The molecule has 0 atom stereocenters. The fourth-order valence-electron chi connectivity index (χ4n) is 2.02. The number of hydrogen-bond acceptors (Lipinski definition) is 1. The van der Waals surface area contributed by atoms with E-state index in [2.05, 4.69) is 21.2 Å². The molecule has 100 valence electrons. The van der Waals surface area contributed by atoms with Crippen LogP contribution in [0.2, 0.25) is 0 Å². The van der Waals surface area contributed by atoms with Crippen molar-refractivity contribution in [3.8, 4) is 0 Å². The van der Waals surface area contributed by atoms with Gasteiger partial charge in [0.2, 0.25) is 0 Å². The standard InChI is InChI=1S/C15H14BrF2N/c1-9-4-3-5-10(2)12(9)8-19-15-13(17)6-11(16)7-14(15)18/h3-7,19H,8H2,1-2H3. The summed E-state index contributed by atoms with van der Waals surface area (Å²) in [5.41, 5.74) is 3.17. The third-order valence-corrected chi connectivity index (χ3v) is 3.55. The Morgan fingerprint density at radius 2 is 1.58 bits per heavy atom. The lowest BCUT2D eigenvalue weighted by Gasteiger charge is -2.13. The highest BCUT2D eigenvalue weighted by Crippen LogP contribution is 2.25. The Hall–Kier alpha value is -1.42. The van der Waals surface area contributed by atoms with Crippen molar-refractivity contribution in [1.29, 1.82) is 0 Å². The second-order valence-corrected chi connectivity index (χ2v) is 5.38. The predicted octanol–water partition coefficient (Wildman–Crippen LogP) is 4.96. The fourth-order valence-corrected chi connectivity index (χ4v) is 2.42. The van der Waals surface area contributed by atoms with E-state index in [0.717, 1.165) is 16.7 Å². The molecule has 0 aliphatic heterocycles. The van der Waals surface area contributed by atoms with Gasteiger partial charge >= 0.3 is 0 Å². The average molecular weight is 326 g/mol.